The Morgan fingerprint density at radius 3 is 2.52 bits per heavy atom. The number of carbonyl (C=O) groups is 1. The fraction of sp³-hybridized carbons (Fsp3) is 0.421. The van der Waals surface area contributed by atoms with Crippen molar-refractivity contribution in [3.8, 4) is 0 Å². The van der Waals surface area contributed by atoms with Crippen molar-refractivity contribution in [3.05, 3.63) is 41.6 Å². The van der Waals surface area contributed by atoms with E-state index in [4.69, 9.17) is 34.8 Å². The van der Waals surface area contributed by atoms with Gasteiger partial charge in [-0.2, -0.15) is 0 Å². The van der Waals surface area contributed by atoms with E-state index in [9.17, 15) is 4.79 Å². The first-order valence-electron chi connectivity index (χ1n) is 8.24. The molecule has 1 aliphatic carbocycles. The van der Waals surface area contributed by atoms with Crippen LogP contribution in [-0.4, -0.2) is 19.8 Å². The van der Waals surface area contributed by atoms with Gasteiger partial charge < -0.3 is 9.88 Å². The molecule has 1 aromatic carbocycles. The molecule has 0 spiro atoms. The average molecular weight is 400 g/mol. The molecule has 2 aromatic rings. The van der Waals surface area contributed by atoms with Crippen LogP contribution >= 0.6 is 34.8 Å². The van der Waals surface area contributed by atoms with Gasteiger partial charge in [0, 0.05) is 34.6 Å². The molecule has 1 unspecified atom stereocenters. The van der Waals surface area contributed by atoms with E-state index in [1.165, 1.54) is 22.2 Å². The second-order valence-electron chi connectivity index (χ2n) is 7.18. The normalized spacial score (nSPS) is 20.6. The zero-order valence-electron chi connectivity index (χ0n) is 14.7. The number of allylic oxidation sites excluding steroid dienone is 1. The topological polar surface area (TPSA) is 34.0 Å². The van der Waals surface area contributed by atoms with E-state index in [1.54, 1.807) is 0 Å². The minimum atomic E-state index is -1.98. The minimum Gasteiger partial charge on any atom is -0.343 e. The number of nitrogens with one attached hydrogen (secondary N) is 1. The lowest BCUT2D eigenvalue weighted by molar-refractivity contribution is -0.121. The molecule has 6 heteroatoms. The van der Waals surface area contributed by atoms with Crippen LogP contribution in [0.15, 0.2) is 30.3 Å². The molecule has 0 aliphatic heterocycles. The van der Waals surface area contributed by atoms with E-state index in [2.05, 4.69) is 61.0 Å². The van der Waals surface area contributed by atoms with Crippen LogP contribution in [0.5, 0.6) is 0 Å². The van der Waals surface area contributed by atoms with Gasteiger partial charge in [-0.3, -0.25) is 4.79 Å². The molecular weight excluding hydrogens is 379 g/mol. The molecule has 1 heterocycles. The van der Waals surface area contributed by atoms with E-state index < -0.39 is 15.2 Å². The molecule has 1 aliphatic rings. The van der Waals surface area contributed by atoms with Crippen molar-refractivity contribution in [2.45, 2.75) is 49.5 Å². The number of carbonyl (C=O) groups excluding carboxylic acids is 1. The smallest absolute Gasteiger partial charge is 0.272 e. The van der Waals surface area contributed by atoms with Gasteiger partial charge in [0.1, 0.15) is 0 Å². The third-order valence-electron chi connectivity index (χ3n) is 4.65. The molecule has 0 saturated heterocycles. The van der Waals surface area contributed by atoms with Crippen molar-refractivity contribution >= 4 is 57.2 Å². The van der Waals surface area contributed by atoms with Gasteiger partial charge in [0.05, 0.1) is 5.54 Å². The second-order valence-corrected chi connectivity index (χ2v) is 9.46. The summed E-state index contributed by atoms with van der Waals surface area (Å²) in [5.41, 5.74) is 4.14. The van der Waals surface area contributed by atoms with Crippen LogP contribution in [0.3, 0.4) is 0 Å². The van der Waals surface area contributed by atoms with Gasteiger partial charge in [0.15, 0.2) is 0 Å². The molecule has 3 nitrogen and oxygen atoms in total. The lowest BCUT2D eigenvalue weighted by Crippen LogP contribution is -2.51. The van der Waals surface area contributed by atoms with Crippen LogP contribution in [-0.2, 0) is 11.2 Å². The molecule has 0 radical (unpaired) electrons. The van der Waals surface area contributed by atoms with Crippen LogP contribution < -0.4 is 5.32 Å². The summed E-state index contributed by atoms with van der Waals surface area (Å²) < 4.78 is 0.358. The summed E-state index contributed by atoms with van der Waals surface area (Å²) in [6.07, 6.45) is 2.69. The molecule has 0 saturated carbocycles. The maximum atomic E-state index is 12.2. The number of aromatic nitrogens is 1. The fourth-order valence-corrected chi connectivity index (χ4v) is 4.02. The number of amides is 1. The predicted molar refractivity (Wildman–Crippen MR) is 107 cm³/mol. The van der Waals surface area contributed by atoms with Crippen molar-refractivity contribution in [1.29, 1.82) is 0 Å². The SMILES string of the molecule is CC1=CC(C)(NC(=O)C(Cl)(Cl)Cl)Cc2c1c1ccccc1n2C(C)C. The van der Waals surface area contributed by atoms with Gasteiger partial charge in [0.25, 0.3) is 9.70 Å². The largest absolute Gasteiger partial charge is 0.343 e. The Kier molecular flexibility index (Phi) is 4.64. The Morgan fingerprint density at radius 2 is 1.92 bits per heavy atom. The molecule has 25 heavy (non-hydrogen) atoms. The highest BCUT2D eigenvalue weighted by Crippen LogP contribution is 2.40. The highest BCUT2D eigenvalue weighted by molar-refractivity contribution is 6.76. The van der Waals surface area contributed by atoms with Crippen molar-refractivity contribution in [2.75, 3.05) is 0 Å². The first-order valence-corrected chi connectivity index (χ1v) is 9.38. The molecular formula is C19H21Cl3N2O. The van der Waals surface area contributed by atoms with E-state index in [0.29, 0.717) is 12.5 Å². The maximum absolute atomic E-state index is 12.2. The maximum Gasteiger partial charge on any atom is 0.272 e. The summed E-state index contributed by atoms with van der Waals surface area (Å²) in [4.78, 5) is 12.2. The van der Waals surface area contributed by atoms with Crippen molar-refractivity contribution in [2.24, 2.45) is 0 Å². The Bertz CT molecular complexity index is 877. The number of nitrogens with zero attached hydrogens (tertiary/aromatic N) is 1. The summed E-state index contributed by atoms with van der Waals surface area (Å²) in [7, 11) is 0. The summed E-state index contributed by atoms with van der Waals surface area (Å²) in [6.45, 7) is 8.35. The molecule has 0 bridgehead atoms. The fourth-order valence-electron chi connectivity index (χ4n) is 3.88. The molecule has 1 atom stereocenters. The van der Waals surface area contributed by atoms with E-state index in [1.807, 2.05) is 6.92 Å². The third-order valence-corrected chi connectivity index (χ3v) is 5.16. The Morgan fingerprint density at radius 1 is 1.28 bits per heavy atom. The van der Waals surface area contributed by atoms with Gasteiger partial charge in [-0.15, -0.1) is 0 Å². The zero-order valence-corrected chi connectivity index (χ0v) is 16.9. The summed E-state index contributed by atoms with van der Waals surface area (Å²) >= 11 is 17.2. The predicted octanol–water partition coefficient (Wildman–Crippen LogP) is 5.43. The van der Waals surface area contributed by atoms with E-state index >= 15 is 0 Å². The molecule has 134 valence electrons. The highest BCUT2D eigenvalue weighted by atomic mass is 35.6. The number of hydrogen-bond acceptors (Lipinski definition) is 1. The lowest BCUT2D eigenvalue weighted by Gasteiger charge is -2.34. The Balaban J connectivity index is 2.14. The van der Waals surface area contributed by atoms with E-state index in [0.717, 1.165) is 5.57 Å². The van der Waals surface area contributed by atoms with Gasteiger partial charge in [0.2, 0.25) is 0 Å². The number of halogens is 3. The zero-order chi connectivity index (χ0) is 18.6. The highest BCUT2D eigenvalue weighted by Gasteiger charge is 2.39. The number of benzene rings is 1. The van der Waals surface area contributed by atoms with Crippen molar-refractivity contribution < 1.29 is 4.79 Å². The third kappa shape index (κ3) is 3.30. The van der Waals surface area contributed by atoms with E-state index in [-0.39, 0.29) is 0 Å². The van der Waals surface area contributed by atoms with Gasteiger partial charge in [-0.1, -0.05) is 59.1 Å². The molecule has 0 fully saturated rings. The number of alkyl halides is 3. The summed E-state index contributed by atoms with van der Waals surface area (Å²) in [5, 5.41) is 4.12. The quantitative estimate of drug-likeness (QED) is 0.672. The number of fused-ring (bicyclic) bond motifs is 3. The van der Waals surface area contributed by atoms with Gasteiger partial charge in [-0.05, 0) is 39.3 Å². The van der Waals surface area contributed by atoms with Crippen LogP contribution in [0.4, 0.5) is 0 Å². The standard InChI is InChI=1S/C19H21Cl3N2O/c1-11(2)24-14-8-6-5-7-13(14)16-12(3)9-18(4,10-15(16)24)23-17(25)19(20,21)22/h5-9,11H,10H2,1-4H3,(H,23,25). The number of rotatable bonds is 2. The van der Waals surface area contributed by atoms with Gasteiger partial charge in [-0.25, -0.2) is 0 Å². The molecule has 1 N–H and O–H groups in total. The average Bonchev–Trinajstić information content (AvgIpc) is 2.79. The first kappa shape index (κ1) is 18.6. The number of hydrogen-bond donors (Lipinski definition) is 1. The van der Waals surface area contributed by atoms with Crippen molar-refractivity contribution in [3.63, 3.8) is 0 Å². The number of para-hydroxylation sites is 1. The Labute approximate surface area is 162 Å². The minimum absolute atomic E-state index is 0.299. The monoisotopic (exact) mass is 398 g/mol. The van der Waals surface area contributed by atoms with Crippen LogP contribution in [0.2, 0.25) is 0 Å². The van der Waals surface area contributed by atoms with Crippen LogP contribution in [0.1, 0.15) is 45.0 Å². The lowest BCUT2D eigenvalue weighted by atomic mass is 9.83. The van der Waals surface area contributed by atoms with Crippen LogP contribution in [0.25, 0.3) is 16.5 Å². The Hall–Kier alpha value is -1.16. The van der Waals surface area contributed by atoms with Crippen molar-refractivity contribution in [1.82, 2.24) is 9.88 Å². The summed E-state index contributed by atoms with van der Waals surface area (Å²) in [5.74, 6) is -0.611. The van der Waals surface area contributed by atoms with Crippen LogP contribution in [0, 0.1) is 0 Å². The second kappa shape index (κ2) is 6.22. The molecule has 1 amide bonds. The molecule has 1 aromatic heterocycles. The molecule has 3 rings (SSSR count). The first-order chi connectivity index (χ1) is 11.5. The summed E-state index contributed by atoms with van der Waals surface area (Å²) in [6, 6.07) is 8.69. The van der Waals surface area contributed by atoms with Gasteiger partial charge >= 0.3 is 0 Å².